The van der Waals surface area contributed by atoms with Gasteiger partial charge in [0.15, 0.2) is 6.10 Å². The van der Waals surface area contributed by atoms with Gasteiger partial charge < -0.3 is 24.4 Å². The number of ether oxygens (including phenoxy) is 3. The molecule has 1 aliphatic heterocycles. The van der Waals surface area contributed by atoms with Gasteiger partial charge in [-0.3, -0.25) is 4.79 Å². The molecule has 2 aromatic rings. The first-order valence-corrected chi connectivity index (χ1v) is 9.60. The fourth-order valence-electron chi connectivity index (χ4n) is 3.12. The molecule has 2 aromatic carbocycles. The Morgan fingerprint density at radius 1 is 1.00 bits per heavy atom. The van der Waals surface area contributed by atoms with Crippen LogP contribution < -0.4 is 19.7 Å². The first-order chi connectivity index (χ1) is 13.6. The second-order valence-electron chi connectivity index (χ2n) is 6.86. The van der Waals surface area contributed by atoms with E-state index in [0.717, 1.165) is 37.6 Å². The molecule has 0 spiro atoms. The van der Waals surface area contributed by atoms with Crippen molar-refractivity contribution in [3.05, 3.63) is 54.1 Å². The van der Waals surface area contributed by atoms with Crippen molar-refractivity contribution in [1.29, 1.82) is 0 Å². The van der Waals surface area contributed by atoms with E-state index >= 15 is 0 Å². The zero-order valence-corrected chi connectivity index (χ0v) is 16.7. The number of morpholine rings is 1. The largest absolute Gasteiger partial charge is 0.497 e. The molecule has 2 atom stereocenters. The minimum Gasteiger partial charge on any atom is -0.497 e. The lowest BCUT2D eigenvalue weighted by atomic mass is 10.1. The number of hydrogen-bond acceptors (Lipinski definition) is 5. The molecule has 1 saturated heterocycles. The monoisotopic (exact) mass is 384 g/mol. The highest BCUT2D eigenvalue weighted by Crippen LogP contribution is 2.21. The van der Waals surface area contributed by atoms with Crippen LogP contribution in [0.25, 0.3) is 0 Å². The molecule has 3 rings (SSSR count). The van der Waals surface area contributed by atoms with Gasteiger partial charge >= 0.3 is 0 Å². The van der Waals surface area contributed by atoms with Crippen molar-refractivity contribution in [3.8, 4) is 11.5 Å². The highest BCUT2D eigenvalue weighted by molar-refractivity contribution is 5.81. The van der Waals surface area contributed by atoms with E-state index in [0.29, 0.717) is 5.75 Å². The molecular formula is C22H28N2O4. The van der Waals surface area contributed by atoms with Crippen LogP contribution in [-0.2, 0) is 9.53 Å². The zero-order valence-electron chi connectivity index (χ0n) is 16.7. The van der Waals surface area contributed by atoms with Crippen LogP contribution in [0.5, 0.6) is 11.5 Å². The number of rotatable bonds is 7. The van der Waals surface area contributed by atoms with Crippen molar-refractivity contribution in [2.75, 3.05) is 38.3 Å². The second kappa shape index (κ2) is 9.46. The predicted octanol–water partition coefficient (Wildman–Crippen LogP) is 3.18. The Kier molecular flexibility index (Phi) is 6.76. The number of anilines is 1. The summed E-state index contributed by atoms with van der Waals surface area (Å²) in [6.45, 7) is 7.06. The van der Waals surface area contributed by atoms with Crippen molar-refractivity contribution in [2.45, 2.75) is 26.0 Å². The lowest BCUT2D eigenvalue weighted by Gasteiger charge is -2.29. The molecule has 0 aliphatic carbocycles. The van der Waals surface area contributed by atoms with Gasteiger partial charge in [-0.05, 0) is 55.8 Å². The maximum atomic E-state index is 12.5. The number of nitrogens with one attached hydrogen (secondary N) is 1. The van der Waals surface area contributed by atoms with Crippen LogP contribution in [0.4, 0.5) is 5.69 Å². The van der Waals surface area contributed by atoms with Crippen molar-refractivity contribution in [1.82, 2.24) is 5.32 Å². The minimum absolute atomic E-state index is 0.104. The van der Waals surface area contributed by atoms with E-state index in [4.69, 9.17) is 14.2 Å². The van der Waals surface area contributed by atoms with Gasteiger partial charge in [-0.1, -0.05) is 12.1 Å². The normalized spacial score (nSPS) is 16.2. The molecule has 0 radical (unpaired) electrons. The van der Waals surface area contributed by atoms with Gasteiger partial charge in [-0.2, -0.15) is 0 Å². The Balaban J connectivity index is 1.53. The third-order valence-corrected chi connectivity index (χ3v) is 4.87. The summed E-state index contributed by atoms with van der Waals surface area (Å²) in [5, 5.41) is 3.02. The molecule has 2 unspecified atom stereocenters. The van der Waals surface area contributed by atoms with Crippen LogP contribution >= 0.6 is 0 Å². The summed E-state index contributed by atoms with van der Waals surface area (Å²) in [5.74, 6) is 1.23. The van der Waals surface area contributed by atoms with E-state index in [1.165, 1.54) is 5.69 Å². The quantitative estimate of drug-likeness (QED) is 0.795. The van der Waals surface area contributed by atoms with Crippen LogP contribution in [0, 0.1) is 0 Å². The smallest absolute Gasteiger partial charge is 0.261 e. The average Bonchev–Trinajstić information content (AvgIpc) is 2.75. The van der Waals surface area contributed by atoms with Gasteiger partial charge in [-0.15, -0.1) is 0 Å². The molecule has 6 heteroatoms. The summed E-state index contributed by atoms with van der Waals surface area (Å²) in [6, 6.07) is 15.4. The zero-order chi connectivity index (χ0) is 19.9. The van der Waals surface area contributed by atoms with Crippen molar-refractivity contribution in [2.24, 2.45) is 0 Å². The summed E-state index contributed by atoms with van der Waals surface area (Å²) in [5.41, 5.74) is 2.24. The van der Waals surface area contributed by atoms with Gasteiger partial charge in [0.05, 0.1) is 26.4 Å². The highest BCUT2D eigenvalue weighted by Gasteiger charge is 2.18. The maximum absolute atomic E-state index is 12.5. The predicted molar refractivity (Wildman–Crippen MR) is 109 cm³/mol. The van der Waals surface area contributed by atoms with Crippen molar-refractivity contribution in [3.63, 3.8) is 0 Å². The van der Waals surface area contributed by atoms with Gasteiger partial charge in [0.25, 0.3) is 5.91 Å². The Hall–Kier alpha value is -2.73. The van der Waals surface area contributed by atoms with Gasteiger partial charge in [-0.25, -0.2) is 0 Å². The van der Waals surface area contributed by atoms with E-state index in [2.05, 4.69) is 34.5 Å². The Morgan fingerprint density at radius 2 is 1.61 bits per heavy atom. The minimum atomic E-state index is -0.594. The van der Waals surface area contributed by atoms with Gasteiger partial charge in [0, 0.05) is 18.8 Å². The fraction of sp³-hybridized carbons (Fsp3) is 0.409. The van der Waals surface area contributed by atoms with Crippen molar-refractivity contribution < 1.29 is 19.0 Å². The lowest BCUT2D eigenvalue weighted by Crippen LogP contribution is -2.38. The number of carbonyl (C=O) groups is 1. The maximum Gasteiger partial charge on any atom is 0.261 e. The third-order valence-electron chi connectivity index (χ3n) is 4.87. The first-order valence-electron chi connectivity index (χ1n) is 9.60. The van der Waals surface area contributed by atoms with Crippen LogP contribution in [0.15, 0.2) is 48.5 Å². The van der Waals surface area contributed by atoms with Crippen LogP contribution in [0.2, 0.25) is 0 Å². The van der Waals surface area contributed by atoms with E-state index < -0.39 is 6.10 Å². The van der Waals surface area contributed by atoms with Crippen molar-refractivity contribution >= 4 is 11.6 Å². The standard InChI is InChI=1S/C22H28N2O4/c1-16(18-4-6-19(7-5-18)24-12-14-27-15-13-24)23-22(25)17(2)28-21-10-8-20(26-3)9-11-21/h4-11,16-17H,12-15H2,1-3H3,(H,23,25). The molecular weight excluding hydrogens is 356 g/mol. The Bertz CT molecular complexity index is 755. The first kappa shape index (κ1) is 20.0. The van der Waals surface area contributed by atoms with Crippen LogP contribution in [0.3, 0.4) is 0 Å². The van der Waals surface area contributed by atoms with Gasteiger partial charge in [0.2, 0.25) is 0 Å². The Labute approximate surface area is 166 Å². The number of carbonyl (C=O) groups excluding carboxylic acids is 1. The molecule has 28 heavy (non-hydrogen) atoms. The molecule has 1 heterocycles. The average molecular weight is 384 g/mol. The molecule has 0 saturated carbocycles. The van der Waals surface area contributed by atoms with E-state index in [1.807, 2.05) is 6.92 Å². The second-order valence-corrected chi connectivity index (χ2v) is 6.86. The topological polar surface area (TPSA) is 60.0 Å². The third kappa shape index (κ3) is 5.16. The Morgan fingerprint density at radius 3 is 2.21 bits per heavy atom. The molecule has 0 aromatic heterocycles. The molecule has 1 aliphatic rings. The molecule has 1 N–H and O–H groups in total. The summed E-state index contributed by atoms with van der Waals surface area (Å²) in [6.07, 6.45) is -0.594. The van der Waals surface area contributed by atoms with E-state index in [-0.39, 0.29) is 11.9 Å². The summed E-state index contributed by atoms with van der Waals surface area (Å²) in [7, 11) is 1.61. The molecule has 150 valence electrons. The summed E-state index contributed by atoms with van der Waals surface area (Å²) in [4.78, 5) is 14.8. The molecule has 6 nitrogen and oxygen atoms in total. The van der Waals surface area contributed by atoms with E-state index in [1.54, 1.807) is 38.3 Å². The number of amides is 1. The fourth-order valence-corrected chi connectivity index (χ4v) is 3.12. The molecule has 1 amide bonds. The lowest BCUT2D eigenvalue weighted by molar-refractivity contribution is -0.127. The highest BCUT2D eigenvalue weighted by atomic mass is 16.5. The SMILES string of the molecule is COc1ccc(OC(C)C(=O)NC(C)c2ccc(N3CCOCC3)cc2)cc1. The number of methoxy groups -OCH3 is 1. The van der Waals surface area contributed by atoms with Crippen LogP contribution in [0.1, 0.15) is 25.5 Å². The summed E-state index contributed by atoms with van der Waals surface area (Å²) >= 11 is 0. The molecule has 1 fully saturated rings. The number of benzene rings is 2. The summed E-state index contributed by atoms with van der Waals surface area (Å²) < 4.78 is 16.2. The molecule has 0 bridgehead atoms. The van der Waals surface area contributed by atoms with Crippen LogP contribution in [-0.4, -0.2) is 45.4 Å². The van der Waals surface area contributed by atoms with E-state index in [9.17, 15) is 4.79 Å². The number of hydrogen-bond donors (Lipinski definition) is 1. The number of nitrogens with zero attached hydrogens (tertiary/aromatic N) is 1. The van der Waals surface area contributed by atoms with Gasteiger partial charge in [0.1, 0.15) is 11.5 Å².